The van der Waals surface area contributed by atoms with Gasteiger partial charge in [-0.2, -0.15) is 0 Å². The number of hydrogen-bond donors (Lipinski definition) is 2. The molecule has 0 aliphatic carbocycles. The molecule has 0 saturated heterocycles. The Balaban J connectivity index is 1.92. The van der Waals surface area contributed by atoms with E-state index in [-0.39, 0.29) is 16.1 Å². The van der Waals surface area contributed by atoms with Crippen LogP contribution in [0.2, 0.25) is 5.02 Å². The minimum absolute atomic E-state index is 0.238. The zero-order valence-corrected chi connectivity index (χ0v) is 12.1. The Morgan fingerprint density at radius 1 is 1.00 bits per heavy atom. The molecule has 2 aromatic carbocycles. The van der Waals surface area contributed by atoms with Crippen LogP contribution in [0.15, 0.2) is 54.6 Å². The zero-order valence-electron chi connectivity index (χ0n) is 11.3. The van der Waals surface area contributed by atoms with Gasteiger partial charge in [-0.15, -0.1) is 0 Å². The van der Waals surface area contributed by atoms with Gasteiger partial charge in [0.05, 0.1) is 10.6 Å². The lowest BCUT2D eigenvalue weighted by Gasteiger charge is -2.06. The summed E-state index contributed by atoms with van der Waals surface area (Å²) in [5, 5.41) is 0.274. The maximum Gasteiger partial charge on any atom is 0.271 e. The largest absolute Gasteiger partial charge is 0.271 e. The number of nitrogens with one attached hydrogen (secondary N) is 2. The van der Waals surface area contributed by atoms with E-state index in [1.807, 2.05) is 0 Å². The second kappa shape index (κ2) is 7.38. The van der Waals surface area contributed by atoms with Crippen molar-refractivity contribution in [1.29, 1.82) is 0 Å². The second-order valence-corrected chi connectivity index (χ2v) is 4.69. The van der Waals surface area contributed by atoms with E-state index in [1.54, 1.807) is 30.3 Å². The smallest absolute Gasteiger partial charge is 0.268 e. The highest BCUT2D eigenvalue weighted by molar-refractivity contribution is 6.33. The lowest BCUT2D eigenvalue weighted by Crippen LogP contribution is -2.40. The Morgan fingerprint density at radius 2 is 1.68 bits per heavy atom. The van der Waals surface area contributed by atoms with E-state index in [9.17, 15) is 14.0 Å². The van der Waals surface area contributed by atoms with Crippen molar-refractivity contribution in [3.63, 3.8) is 0 Å². The number of benzene rings is 2. The average Bonchev–Trinajstić information content (AvgIpc) is 2.52. The molecular formula is C16H12ClFN2O2. The molecule has 0 aromatic heterocycles. The van der Waals surface area contributed by atoms with E-state index in [2.05, 4.69) is 10.9 Å². The molecule has 0 aliphatic heterocycles. The molecule has 0 unspecified atom stereocenters. The van der Waals surface area contributed by atoms with E-state index in [4.69, 9.17) is 11.6 Å². The quantitative estimate of drug-likeness (QED) is 0.675. The molecule has 6 heteroatoms. The van der Waals surface area contributed by atoms with E-state index in [1.165, 1.54) is 24.3 Å². The average molecular weight is 319 g/mol. The monoisotopic (exact) mass is 318 g/mol. The van der Waals surface area contributed by atoms with Crippen molar-refractivity contribution in [3.8, 4) is 0 Å². The normalized spacial score (nSPS) is 10.5. The van der Waals surface area contributed by atoms with E-state index in [0.29, 0.717) is 0 Å². The molecule has 0 saturated carbocycles. The first-order valence-corrected chi connectivity index (χ1v) is 6.73. The predicted octanol–water partition coefficient (Wildman–Crippen LogP) is 2.95. The van der Waals surface area contributed by atoms with E-state index >= 15 is 0 Å². The molecule has 0 aliphatic rings. The highest BCUT2D eigenvalue weighted by Crippen LogP contribution is 2.14. The molecule has 4 nitrogen and oxygen atoms in total. The number of amides is 2. The number of carbonyl (C=O) groups is 2. The minimum Gasteiger partial charge on any atom is -0.268 e. The first-order chi connectivity index (χ1) is 10.6. The summed E-state index contributed by atoms with van der Waals surface area (Å²) < 4.78 is 13.4. The minimum atomic E-state index is -0.594. The lowest BCUT2D eigenvalue weighted by atomic mass is 10.2. The van der Waals surface area contributed by atoms with Crippen LogP contribution in [0.1, 0.15) is 15.9 Å². The Kier molecular flexibility index (Phi) is 5.27. The number of carbonyl (C=O) groups excluding carboxylic acids is 2. The zero-order chi connectivity index (χ0) is 15.9. The predicted molar refractivity (Wildman–Crippen MR) is 82.5 cm³/mol. The number of halogens is 2. The van der Waals surface area contributed by atoms with Crippen LogP contribution in [-0.4, -0.2) is 11.8 Å². The summed E-state index contributed by atoms with van der Waals surface area (Å²) in [6, 6.07) is 12.5. The van der Waals surface area contributed by atoms with Crippen LogP contribution in [0, 0.1) is 5.82 Å². The fourth-order valence-corrected chi connectivity index (χ4v) is 1.87. The summed E-state index contributed by atoms with van der Waals surface area (Å²) >= 11 is 5.86. The van der Waals surface area contributed by atoms with Gasteiger partial charge in [0.1, 0.15) is 5.82 Å². The van der Waals surface area contributed by atoms with E-state index in [0.717, 1.165) is 6.08 Å². The van der Waals surface area contributed by atoms with Gasteiger partial charge in [0.15, 0.2) is 0 Å². The molecule has 0 radical (unpaired) electrons. The van der Waals surface area contributed by atoms with Crippen molar-refractivity contribution in [3.05, 3.63) is 76.6 Å². The van der Waals surface area contributed by atoms with Crippen LogP contribution in [0.3, 0.4) is 0 Å². The molecule has 22 heavy (non-hydrogen) atoms. The summed E-state index contributed by atoms with van der Waals surface area (Å²) in [7, 11) is 0. The van der Waals surface area contributed by atoms with Crippen LogP contribution < -0.4 is 10.9 Å². The maximum absolute atomic E-state index is 13.4. The molecule has 2 aromatic rings. The van der Waals surface area contributed by atoms with Gasteiger partial charge >= 0.3 is 0 Å². The summed E-state index contributed by atoms with van der Waals surface area (Å²) in [5.74, 6) is -1.58. The van der Waals surface area contributed by atoms with Gasteiger partial charge in [-0.25, -0.2) is 4.39 Å². The maximum atomic E-state index is 13.4. The highest BCUT2D eigenvalue weighted by Gasteiger charge is 2.09. The summed E-state index contributed by atoms with van der Waals surface area (Å²) in [6.07, 6.45) is 2.43. The molecule has 2 rings (SSSR count). The van der Waals surface area contributed by atoms with Crippen LogP contribution in [-0.2, 0) is 4.79 Å². The molecule has 2 N–H and O–H groups in total. The number of hydrogen-bond acceptors (Lipinski definition) is 2. The Hall–Kier alpha value is -2.66. The number of rotatable bonds is 3. The summed E-state index contributed by atoms with van der Waals surface area (Å²) in [5.41, 5.74) is 4.93. The van der Waals surface area contributed by atoms with Crippen LogP contribution in [0.4, 0.5) is 4.39 Å². The Bertz CT molecular complexity index is 732. The fourth-order valence-electron chi connectivity index (χ4n) is 1.65. The SMILES string of the molecule is O=C(/C=C/c1ccccc1F)NNC(=O)c1ccccc1Cl. The number of hydrazine groups is 1. The van der Waals surface area contributed by atoms with Gasteiger partial charge < -0.3 is 0 Å². The second-order valence-electron chi connectivity index (χ2n) is 4.28. The first-order valence-electron chi connectivity index (χ1n) is 6.35. The molecular weight excluding hydrogens is 307 g/mol. The van der Waals surface area contributed by atoms with Crippen molar-refractivity contribution in [2.24, 2.45) is 0 Å². The van der Waals surface area contributed by atoms with Gasteiger partial charge in [-0.05, 0) is 24.3 Å². The molecule has 0 atom stereocenters. The summed E-state index contributed by atoms with van der Waals surface area (Å²) in [4.78, 5) is 23.4. The van der Waals surface area contributed by atoms with Crippen LogP contribution in [0.5, 0.6) is 0 Å². The van der Waals surface area contributed by atoms with Crippen molar-refractivity contribution in [1.82, 2.24) is 10.9 Å². The topological polar surface area (TPSA) is 58.2 Å². The fraction of sp³-hybridized carbons (Fsp3) is 0. The molecule has 0 heterocycles. The third-order valence-corrected chi connectivity index (χ3v) is 3.07. The van der Waals surface area contributed by atoms with Crippen molar-refractivity contribution in [2.75, 3.05) is 0 Å². The Labute approximate surface area is 131 Å². The molecule has 2 amide bonds. The standard InChI is InChI=1S/C16H12ClFN2O2/c17-13-7-3-2-6-12(13)16(22)20-19-15(21)10-9-11-5-1-4-8-14(11)18/h1-10H,(H,19,21)(H,20,22)/b10-9+. The van der Waals surface area contributed by atoms with Crippen LogP contribution >= 0.6 is 11.6 Å². The molecule has 112 valence electrons. The van der Waals surface area contributed by atoms with E-state index < -0.39 is 17.6 Å². The highest BCUT2D eigenvalue weighted by atomic mass is 35.5. The third-order valence-electron chi connectivity index (χ3n) is 2.74. The Morgan fingerprint density at radius 3 is 2.41 bits per heavy atom. The van der Waals surface area contributed by atoms with Gasteiger partial charge in [0, 0.05) is 11.6 Å². The molecule has 0 fully saturated rings. The van der Waals surface area contributed by atoms with Gasteiger partial charge in [-0.3, -0.25) is 20.4 Å². The first kappa shape index (κ1) is 15.7. The van der Waals surface area contributed by atoms with Crippen molar-refractivity contribution < 1.29 is 14.0 Å². The summed E-state index contributed by atoms with van der Waals surface area (Å²) in [6.45, 7) is 0. The van der Waals surface area contributed by atoms with Gasteiger partial charge in [0.25, 0.3) is 11.8 Å². The van der Waals surface area contributed by atoms with Crippen LogP contribution in [0.25, 0.3) is 6.08 Å². The van der Waals surface area contributed by atoms with Gasteiger partial charge in [-0.1, -0.05) is 41.9 Å². The van der Waals surface area contributed by atoms with Crippen molar-refractivity contribution in [2.45, 2.75) is 0 Å². The molecule has 0 spiro atoms. The van der Waals surface area contributed by atoms with Crippen molar-refractivity contribution >= 4 is 29.5 Å². The third kappa shape index (κ3) is 4.17. The van der Waals surface area contributed by atoms with Gasteiger partial charge in [0.2, 0.25) is 0 Å². The lowest BCUT2D eigenvalue weighted by molar-refractivity contribution is -0.117. The molecule has 0 bridgehead atoms.